The van der Waals surface area contributed by atoms with Crippen molar-refractivity contribution in [2.45, 2.75) is 19.0 Å². The van der Waals surface area contributed by atoms with Gasteiger partial charge < -0.3 is 15.0 Å². The molecule has 0 radical (unpaired) electrons. The lowest BCUT2D eigenvalue weighted by Gasteiger charge is -2.22. The van der Waals surface area contributed by atoms with E-state index in [1.165, 1.54) is 35.2 Å². The molecule has 4 rings (SSSR count). The largest absolute Gasteiger partial charge is 0.497 e. The first-order chi connectivity index (χ1) is 16.4. The van der Waals surface area contributed by atoms with Crippen LogP contribution < -0.4 is 15.0 Å². The number of ether oxygens (including phenoxy) is 1. The van der Waals surface area contributed by atoms with Crippen LogP contribution in [0.4, 0.5) is 20.6 Å². The molecule has 0 spiro atoms. The maximum absolute atomic E-state index is 13.3. The van der Waals surface area contributed by atoms with Gasteiger partial charge >= 0.3 is 6.03 Å². The Labute approximate surface area is 200 Å². The van der Waals surface area contributed by atoms with E-state index in [2.05, 4.69) is 5.32 Å². The van der Waals surface area contributed by atoms with Crippen LogP contribution in [0.15, 0.2) is 72.8 Å². The van der Waals surface area contributed by atoms with Gasteiger partial charge in [0.2, 0.25) is 5.91 Å². The van der Waals surface area contributed by atoms with E-state index < -0.39 is 29.7 Å². The Hall–Kier alpha value is -3.91. The lowest BCUT2D eigenvalue weighted by molar-refractivity contribution is -0.124. The summed E-state index contributed by atoms with van der Waals surface area (Å²) in [5.41, 5.74) is 1.47. The fourth-order valence-electron chi connectivity index (χ4n) is 3.72. The zero-order chi connectivity index (χ0) is 24.2. The molecule has 34 heavy (non-hydrogen) atoms. The Balaban J connectivity index is 1.60. The van der Waals surface area contributed by atoms with Gasteiger partial charge in [-0.1, -0.05) is 29.8 Å². The molecule has 3 aromatic rings. The summed E-state index contributed by atoms with van der Waals surface area (Å²) in [7, 11) is 1.55. The molecule has 1 atom stereocenters. The molecule has 0 aliphatic carbocycles. The first kappa shape index (κ1) is 23.3. The van der Waals surface area contributed by atoms with Crippen LogP contribution in [0.3, 0.4) is 0 Å². The summed E-state index contributed by atoms with van der Waals surface area (Å²) >= 11 is 6.07. The van der Waals surface area contributed by atoms with Gasteiger partial charge in [0, 0.05) is 17.3 Å². The minimum atomic E-state index is -1.03. The third kappa shape index (κ3) is 5.02. The third-order valence-electron chi connectivity index (χ3n) is 5.40. The van der Waals surface area contributed by atoms with Crippen LogP contribution in [-0.2, 0) is 16.1 Å². The van der Waals surface area contributed by atoms with Crippen LogP contribution in [0.5, 0.6) is 5.75 Å². The molecule has 1 saturated heterocycles. The van der Waals surface area contributed by atoms with Crippen molar-refractivity contribution in [1.29, 1.82) is 0 Å². The number of nitrogens with one attached hydrogen (secondary N) is 1. The Morgan fingerprint density at radius 2 is 1.76 bits per heavy atom. The molecule has 1 aliphatic heterocycles. The van der Waals surface area contributed by atoms with Gasteiger partial charge in [0.25, 0.3) is 5.91 Å². The first-order valence-electron chi connectivity index (χ1n) is 10.4. The Morgan fingerprint density at radius 3 is 2.41 bits per heavy atom. The molecule has 0 bridgehead atoms. The Kier molecular flexibility index (Phi) is 6.79. The molecule has 1 fully saturated rings. The quantitative estimate of drug-likeness (QED) is 0.489. The highest BCUT2D eigenvalue weighted by molar-refractivity contribution is 6.31. The third-order valence-corrected chi connectivity index (χ3v) is 5.64. The average Bonchev–Trinajstić information content (AvgIpc) is 3.05. The number of carbonyl (C=O) groups excluding carboxylic acids is 3. The highest BCUT2D eigenvalue weighted by atomic mass is 35.5. The van der Waals surface area contributed by atoms with Crippen LogP contribution in [0.1, 0.15) is 12.0 Å². The number of anilines is 2. The van der Waals surface area contributed by atoms with E-state index >= 15 is 0 Å². The molecular formula is C25H21ClFN3O4. The Bertz CT molecular complexity index is 1220. The second kappa shape index (κ2) is 9.93. The maximum atomic E-state index is 13.3. The van der Waals surface area contributed by atoms with E-state index in [1.807, 2.05) is 0 Å². The van der Waals surface area contributed by atoms with Crippen LogP contribution in [-0.4, -0.2) is 35.9 Å². The molecule has 9 heteroatoms. The van der Waals surface area contributed by atoms with Crippen LogP contribution >= 0.6 is 11.6 Å². The van der Waals surface area contributed by atoms with Gasteiger partial charge in [0.05, 0.1) is 19.2 Å². The van der Waals surface area contributed by atoms with Crippen molar-refractivity contribution in [2.24, 2.45) is 0 Å². The molecule has 1 N–H and O–H groups in total. The molecule has 0 saturated carbocycles. The van der Waals surface area contributed by atoms with Gasteiger partial charge in [-0.05, 0) is 60.2 Å². The number of amides is 4. The van der Waals surface area contributed by atoms with Crippen molar-refractivity contribution in [2.75, 3.05) is 17.3 Å². The molecule has 1 heterocycles. The summed E-state index contributed by atoms with van der Waals surface area (Å²) in [4.78, 5) is 41.8. The second-order valence-electron chi connectivity index (χ2n) is 7.69. The number of benzene rings is 3. The molecule has 0 unspecified atom stereocenters. The summed E-state index contributed by atoms with van der Waals surface area (Å²) in [5.74, 6) is -0.791. The van der Waals surface area contributed by atoms with E-state index in [-0.39, 0.29) is 13.0 Å². The number of nitrogens with zero attached hydrogens (tertiary/aromatic N) is 2. The standard InChI is InChI=1S/C25H21ClFN3O4/c1-34-21-11-5-16(6-12-21)15-29-22(14-23(31)28-19-9-7-18(27)8-10-19)24(32)30(25(29)33)20-4-2-3-17(26)13-20/h2-13,22H,14-15H2,1H3,(H,28,31)/t22-/m0/s1. The Morgan fingerprint density at radius 1 is 1.06 bits per heavy atom. The molecule has 4 amide bonds. The number of halogens is 2. The lowest BCUT2D eigenvalue weighted by Crippen LogP contribution is -2.37. The van der Waals surface area contributed by atoms with Gasteiger partial charge in [-0.2, -0.15) is 0 Å². The molecule has 3 aromatic carbocycles. The van der Waals surface area contributed by atoms with Crippen molar-refractivity contribution in [3.63, 3.8) is 0 Å². The van der Waals surface area contributed by atoms with E-state index in [0.717, 1.165) is 10.5 Å². The second-order valence-corrected chi connectivity index (χ2v) is 8.12. The SMILES string of the molecule is COc1ccc(CN2C(=O)N(c3cccc(Cl)c3)C(=O)[C@@H]2CC(=O)Nc2ccc(F)cc2)cc1. The molecular weight excluding hydrogens is 461 g/mol. The predicted molar refractivity (Wildman–Crippen MR) is 126 cm³/mol. The minimum absolute atomic E-state index is 0.111. The number of urea groups is 1. The number of hydrogen-bond donors (Lipinski definition) is 1. The maximum Gasteiger partial charge on any atom is 0.332 e. The van der Waals surface area contributed by atoms with Gasteiger partial charge in [-0.25, -0.2) is 14.1 Å². The summed E-state index contributed by atoms with van der Waals surface area (Å²) < 4.78 is 18.3. The monoisotopic (exact) mass is 481 g/mol. The molecule has 0 aromatic heterocycles. The van der Waals surface area contributed by atoms with Crippen molar-refractivity contribution >= 4 is 40.8 Å². The van der Waals surface area contributed by atoms with Gasteiger partial charge in [-0.15, -0.1) is 0 Å². The number of rotatable bonds is 7. The van der Waals surface area contributed by atoms with Crippen LogP contribution in [0.2, 0.25) is 5.02 Å². The summed E-state index contributed by atoms with van der Waals surface area (Å²) in [6.45, 7) is 0.111. The number of carbonyl (C=O) groups is 3. The van der Waals surface area contributed by atoms with Crippen molar-refractivity contribution in [1.82, 2.24) is 4.90 Å². The van der Waals surface area contributed by atoms with Crippen LogP contribution in [0, 0.1) is 5.82 Å². The van der Waals surface area contributed by atoms with E-state index in [0.29, 0.717) is 22.1 Å². The van der Waals surface area contributed by atoms with Gasteiger partial charge in [-0.3, -0.25) is 9.59 Å². The molecule has 1 aliphatic rings. The highest BCUT2D eigenvalue weighted by Crippen LogP contribution is 2.30. The van der Waals surface area contributed by atoms with Gasteiger partial charge in [0.15, 0.2) is 0 Å². The predicted octanol–water partition coefficient (Wildman–Crippen LogP) is 4.85. The highest BCUT2D eigenvalue weighted by Gasteiger charge is 2.46. The summed E-state index contributed by atoms with van der Waals surface area (Å²) in [5, 5.41) is 3.02. The minimum Gasteiger partial charge on any atom is -0.497 e. The van der Waals surface area contributed by atoms with Crippen molar-refractivity contribution in [3.05, 3.63) is 89.2 Å². The zero-order valence-corrected chi connectivity index (χ0v) is 19.0. The topological polar surface area (TPSA) is 79.0 Å². The average molecular weight is 482 g/mol. The zero-order valence-electron chi connectivity index (χ0n) is 18.2. The number of imide groups is 1. The summed E-state index contributed by atoms with van der Waals surface area (Å²) in [6.07, 6.45) is -0.269. The van der Waals surface area contributed by atoms with Crippen molar-refractivity contribution in [3.8, 4) is 5.75 Å². The molecule has 7 nitrogen and oxygen atoms in total. The summed E-state index contributed by atoms with van der Waals surface area (Å²) in [6, 6.07) is 17.2. The van der Waals surface area contributed by atoms with E-state index in [4.69, 9.17) is 16.3 Å². The fourth-order valence-corrected chi connectivity index (χ4v) is 3.90. The molecule has 174 valence electrons. The van der Waals surface area contributed by atoms with Crippen LogP contribution in [0.25, 0.3) is 0 Å². The van der Waals surface area contributed by atoms with E-state index in [1.54, 1.807) is 49.6 Å². The lowest BCUT2D eigenvalue weighted by atomic mass is 10.1. The fraction of sp³-hybridized carbons (Fsp3) is 0.160. The van der Waals surface area contributed by atoms with Crippen molar-refractivity contribution < 1.29 is 23.5 Å². The smallest absolute Gasteiger partial charge is 0.332 e. The first-order valence-corrected chi connectivity index (χ1v) is 10.8. The number of hydrogen-bond acceptors (Lipinski definition) is 4. The normalized spacial score (nSPS) is 15.6. The van der Waals surface area contributed by atoms with E-state index in [9.17, 15) is 18.8 Å². The van der Waals surface area contributed by atoms with Gasteiger partial charge in [0.1, 0.15) is 17.6 Å². The number of methoxy groups -OCH3 is 1.